The molecule has 0 amide bonds. The molecule has 0 bridgehead atoms. The van der Waals surface area contributed by atoms with E-state index in [1.54, 1.807) is 4.90 Å². The van der Waals surface area contributed by atoms with Crippen LogP contribution in [0.25, 0.3) is 20.9 Å². The highest BCUT2D eigenvalue weighted by Crippen LogP contribution is 2.13. The first-order valence-corrected chi connectivity index (χ1v) is 18.6. The van der Waals surface area contributed by atoms with Gasteiger partial charge in [-0.3, -0.25) is 14.7 Å². The summed E-state index contributed by atoms with van der Waals surface area (Å²) in [5.41, 5.74) is 17.9. The van der Waals surface area contributed by atoms with E-state index in [4.69, 9.17) is 23.9 Å². The second kappa shape index (κ2) is 29.6. The topological polar surface area (TPSA) is 131 Å². The number of terminal acetylenes is 2. The lowest BCUT2D eigenvalue weighted by Crippen LogP contribution is -2.41. The van der Waals surface area contributed by atoms with E-state index in [0.29, 0.717) is 24.2 Å². The third kappa shape index (κ3) is 44.8. The zero-order valence-corrected chi connectivity index (χ0v) is 36.8. The van der Waals surface area contributed by atoms with E-state index >= 15 is 0 Å². The van der Waals surface area contributed by atoms with Crippen LogP contribution in [0.3, 0.4) is 0 Å². The Labute approximate surface area is 313 Å². The third-order valence-corrected chi connectivity index (χ3v) is 6.62. The molecule has 11 nitrogen and oxygen atoms in total. The SMILES string of the molecule is C#CCN(CC#C)C(C)(C)C.CC(C)(C)N(CN=[N+]=[N-])CN=[N+]=[N-].CC(C)(C)NCBr.CC(C)(C)NCI.CCN(CC)C(C)(C)C. The average Bonchev–Trinajstić information content (AvgIpc) is 2.87. The van der Waals surface area contributed by atoms with E-state index in [2.05, 4.69) is 188 Å². The van der Waals surface area contributed by atoms with Crippen molar-refractivity contribution in [1.29, 1.82) is 0 Å². The highest BCUT2D eigenvalue weighted by Gasteiger charge is 2.20. The lowest BCUT2D eigenvalue weighted by molar-refractivity contribution is 0.145. The van der Waals surface area contributed by atoms with Crippen molar-refractivity contribution < 1.29 is 0 Å². The highest BCUT2D eigenvalue weighted by molar-refractivity contribution is 14.1. The molecule has 0 radical (unpaired) electrons. The van der Waals surface area contributed by atoms with Gasteiger partial charge in [-0.05, 0) is 128 Å². The van der Waals surface area contributed by atoms with E-state index in [0.717, 1.165) is 23.1 Å². The van der Waals surface area contributed by atoms with Gasteiger partial charge in [0.2, 0.25) is 0 Å². The minimum atomic E-state index is -0.178. The maximum absolute atomic E-state index is 8.13. The maximum atomic E-state index is 8.13. The second-order valence-corrected chi connectivity index (χ2v) is 16.7. The molecule has 0 aliphatic rings. The van der Waals surface area contributed by atoms with Gasteiger partial charge in [0.25, 0.3) is 0 Å². The Morgan fingerprint density at radius 2 is 0.957 bits per heavy atom. The first kappa shape index (κ1) is 55.2. The van der Waals surface area contributed by atoms with Crippen LogP contribution in [0, 0.1) is 24.7 Å². The molecular formula is C34H71BrIN11. The van der Waals surface area contributed by atoms with Crippen LogP contribution in [0.4, 0.5) is 0 Å². The van der Waals surface area contributed by atoms with Crippen molar-refractivity contribution in [3.05, 3.63) is 20.9 Å². The molecule has 2 N–H and O–H groups in total. The molecule has 0 aromatic carbocycles. The van der Waals surface area contributed by atoms with Crippen molar-refractivity contribution in [3.63, 3.8) is 0 Å². The van der Waals surface area contributed by atoms with E-state index in [1.807, 2.05) is 20.8 Å². The van der Waals surface area contributed by atoms with Crippen molar-refractivity contribution in [2.24, 2.45) is 10.2 Å². The first-order chi connectivity index (χ1) is 21.2. The highest BCUT2D eigenvalue weighted by atomic mass is 127. The fourth-order valence-electron chi connectivity index (χ4n) is 3.00. The number of hydrogen-bond acceptors (Lipinski definition) is 7. The van der Waals surface area contributed by atoms with E-state index in [-0.39, 0.29) is 30.0 Å². The van der Waals surface area contributed by atoms with Crippen LogP contribution < -0.4 is 10.6 Å². The Morgan fingerprint density at radius 1 is 0.638 bits per heavy atom. The predicted octanol–water partition coefficient (Wildman–Crippen LogP) is 9.60. The van der Waals surface area contributed by atoms with Crippen LogP contribution in [0.2, 0.25) is 0 Å². The second-order valence-electron chi connectivity index (χ2n) is 15.4. The molecule has 0 aromatic heterocycles. The zero-order valence-electron chi connectivity index (χ0n) is 33.1. The van der Waals surface area contributed by atoms with Gasteiger partial charge in [0.05, 0.1) is 31.9 Å². The summed E-state index contributed by atoms with van der Waals surface area (Å²) in [6.07, 6.45) is 10.4. The molecule has 0 rings (SSSR count). The fourth-order valence-corrected chi connectivity index (χ4v) is 4.99. The summed E-state index contributed by atoms with van der Waals surface area (Å²) < 4.78 is 1.03. The minimum absolute atomic E-state index is 0.0682. The summed E-state index contributed by atoms with van der Waals surface area (Å²) in [6, 6.07) is 0. The lowest BCUT2D eigenvalue weighted by Gasteiger charge is -2.33. The molecule has 0 heterocycles. The normalized spacial score (nSPS) is 11.4. The Bertz CT molecular complexity index is 873. The van der Waals surface area contributed by atoms with Gasteiger partial charge >= 0.3 is 0 Å². The van der Waals surface area contributed by atoms with Crippen molar-refractivity contribution in [1.82, 2.24) is 25.3 Å². The summed E-state index contributed by atoms with van der Waals surface area (Å²) in [6.45, 7) is 40.1. The van der Waals surface area contributed by atoms with Crippen molar-refractivity contribution in [2.45, 2.75) is 145 Å². The molecule has 0 aliphatic carbocycles. The predicted molar refractivity (Wildman–Crippen MR) is 220 cm³/mol. The summed E-state index contributed by atoms with van der Waals surface area (Å²) in [4.78, 5) is 11.6. The Hall–Kier alpha value is -1.25. The smallest absolute Gasteiger partial charge is 0.0779 e. The molecule has 0 saturated heterocycles. The van der Waals surface area contributed by atoms with Crippen LogP contribution >= 0.6 is 38.5 Å². The number of halogens is 2. The molecule has 0 aromatic rings. The molecule has 13 heteroatoms. The molecule has 0 spiro atoms. The lowest BCUT2D eigenvalue weighted by atomic mass is 10.1. The van der Waals surface area contributed by atoms with Crippen molar-refractivity contribution >= 4 is 38.5 Å². The standard InChI is InChI=1S/C10H15N.C8H19N.C6H13N7.C5H12BrN.C5H12IN/c1-6-8-11(9-7-2)10(3,4)5;1-6-9(7-2)8(3,4)5;1-6(2,3)13(4-9-11-7)5-10-12-8;2*1-5(2,3)7-4-6/h1-2H,8-9H2,3-5H3;6-7H2,1-5H3;4-5H2,1-3H3;2*7H,4H2,1-3H3. The molecule has 47 heavy (non-hydrogen) atoms. The van der Waals surface area contributed by atoms with E-state index < -0.39 is 0 Å². The fraction of sp³-hybridized carbons (Fsp3) is 0.882. The average molecular weight is 841 g/mol. The van der Waals surface area contributed by atoms with Crippen LogP contribution in [-0.2, 0) is 0 Å². The Kier molecular flexibility index (Phi) is 34.8. The van der Waals surface area contributed by atoms with Gasteiger partial charge in [0.15, 0.2) is 0 Å². The summed E-state index contributed by atoms with van der Waals surface area (Å²) in [5, 5.41) is 13.3. The molecule has 0 fully saturated rings. The number of nitrogens with one attached hydrogen (secondary N) is 2. The van der Waals surface area contributed by atoms with Crippen molar-refractivity contribution in [3.8, 4) is 24.7 Å². The summed E-state index contributed by atoms with van der Waals surface area (Å²) in [7, 11) is 0. The van der Waals surface area contributed by atoms with E-state index in [1.165, 1.54) is 0 Å². The minimum Gasteiger partial charge on any atom is -0.303 e. The number of azide groups is 2. The molecule has 0 atom stereocenters. The van der Waals surface area contributed by atoms with Gasteiger partial charge in [0, 0.05) is 42.1 Å². The molecule has 0 unspecified atom stereocenters. The van der Waals surface area contributed by atoms with Gasteiger partial charge in [-0.1, -0.05) is 74.4 Å². The van der Waals surface area contributed by atoms with Gasteiger partial charge in [-0.15, -0.1) is 12.8 Å². The largest absolute Gasteiger partial charge is 0.303 e. The monoisotopic (exact) mass is 839 g/mol. The third-order valence-electron chi connectivity index (χ3n) is 5.96. The Balaban J connectivity index is -0.000000160. The van der Waals surface area contributed by atoms with Crippen molar-refractivity contribution in [2.75, 3.05) is 49.5 Å². The maximum Gasteiger partial charge on any atom is 0.0779 e. The quantitative estimate of drug-likeness (QED) is 0.0431. The Morgan fingerprint density at radius 3 is 1.06 bits per heavy atom. The number of hydrogen-bond donors (Lipinski definition) is 2. The van der Waals surface area contributed by atoms with Crippen LogP contribution in [0.1, 0.15) is 118 Å². The van der Waals surface area contributed by atoms with Gasteiger partial charge < -0.3 is 10.6 Å². The molecule has 0 saturated carbocycles. The summed E-state index contributed by atoms with van der Waals surface area (Å²) in [5.74, 6) is 5.18. The molecule has 0 aliphatic heterocycles. The van der Waals surface area contributed by atoms with Gasteiger partial charge in [0.1, 0.15) is 0 Å². The van der Waals surface area contributed by atoms with E-state index in [9.17, 15) is 0 Å². The first-order valence-electron chi connectivity index (χ1n) is 15.9. The van der Waals surface area contributed by atoms with Gasteiger partial charge in [-0.25, -0.2) is 0 Å². The summed E-state index contributed by atoms with van der Waals surface area (Å²) >= 11 is 5.58. The number of alkyl halides is 2. The zero-order chi connectivity index (χ0) is 38.5. The number of rotatable bonds is 10. The molecule has 276 valence electrons. The van der Waals surface area contributed by atoms with Crippen LogP contribution in [0.5, 0.6) is 0 Å². The van der Waals surface area contributed by atoms with Crippen LogP contribution in [-0.4, -0.2) is 91.9 Å². The molecular weight excluding hydrogens is 769 g/mol. The number of nitrogens with zero attached hydrogens (tertiary/aromatic N) is 9. The van der Waals surface area contributed by atoms with Gasteiger partial charge in [-0.2, -0.15) is 0 Å². The van der Waals surface area contributed by atoms with Crippen LogP contribution in [0.15, 0.2) is 10.2 Å².